The number of nitrogens with one attached hydrogen (secondary N) is 1. The van der Waals surface area contributed by atoms with Crippen molar-refractivity contribution >= 4 is 39.5 Å². The van der Waals surface area contributed by atoms with E-state index in [1.807, 2.05) is 25.1 Å². The van der Waals surface area contributed by atoms with Gasteiger partial charge in [-0.15, -0.1) is 0 Å². The number of rotatable bonds is 8. The summed E-state index contributed by atoms with van der Waals surface area (Å²) >= 11 is 6.08. The predicted octanol–water partition coefficient (Wildman–Crippen LogP) is 6.36. The van der Waals surface area contributed by atoms with Crippen LogP contribution in [-0.2, 0) is 15.6 Å². The summed E-state index contributed by atoms with van der Waals surface area (Å²) in [4.78, 5) is 13.6. The van der Waals surface area contributed by atoms with E-state index in [1.54, 1.807) is 36.7 Å². The van der Waals surface area contributed by atoms with E-state index in [4.69, 9.17) is 11.6 Å². The number of nitrogens with zero attached hydrogens (tertiary/aromatic N) is 3. The number of pyridine rings is 1. The van der Waals surface area contributed by atoms with Crippen LogP contribution in [0.25, 0.3) is 12.2 Å². The van der Waals surface area contributed by atoms with E-state index >= 15 is 0 Å². The molecule has 35 heavy (non-hydrogen) atoms. The summed E-state index contributed by atoms with van der Waals surface area (Å²) in [5.41, 5.74) is 3.01. The first-order valence-corrected chi connectivity index (χ1v) is 14.1. The van der Waals surface area contributed by atoms with Crippen molar-refractivity contribution in [3.63, 3.8) is 0 Å². The molecule has 1 aliphatic carbocycles. The average molecular weight is 511 g/mol. The fourth-order valence-electron chi connectivity index (χ4n) is 4.43. The van der Waals surface area contributed by atoms with Crippen LogP contribution in [0.3, 0.4) is 0 Å². The number of halogens is 1. The molecule has 6 nitrogen and oxygen atoms in total. The lowest BCUT2D eigenvalue weighted by Gasteiger charge is -2.28. The van der Waals surface area contributed by atoms with E-state index in [-0.39, 0.29) is 15.7 Å². The Labute approximate surface area is 212 Å². The molecular weight excluding hydrogens is 480 g/mol. The van der Waals surface area contributed by atoms with Gasteiger partial charge in [0, 0.05) is 29.7 Å². The maximum absolute atomic E-state index is 12.8. The van der Waals surface area contributed by atoms with E-state index in [0.717, 1.165) is 22.7 Å². The minimum Gasteiger partial charge on any atom is -0.351 e. The highest BCUT2D eigenvalue weighted by atomic mass is 35.5. The number of aromatic nitrogens is 3. The third-order valence-corrected chi connectivity index (χ3v) is 8.72. The second-order valence-electron chi connectivity index (χ2n) is 9.11. The zero-order chi connectivity index (χ0) is 24.8. The summed E-state index contributed by atoms with van der Waals surface area (Å²) in [5.74, 6) is 1.33. The van der Waals surface area contributed by atoms with Gasteiger partial charge in [-0.1, -0.05) is 55.3 Å². The number of benzene rings is 1. The lowest BCUT2D eigenvalue weighted by molar-refractivity contribution is 0.329. The number of anilines is 1. The Balaban J connectivity index is 1.37. The molecule has 0 saturated heterocycles. The smallest absolute Gasteiger partial charge is 0.222 e. The minimum absolute atomic E-state index is 0.122. The van der Waals surface area contributed by atoms with Gasteiger partial charge in [-0.2, -0.15) is 0 Å². The molecule has 1 aromatic carbocycles. The third kappa shape index (κ3) is 6.67. The lowest BCUT2D eigenvalue weighted by atomic mass is 9.85. The Bertz CT molecular complexity index is 1280. The van der Waals surface area contributed by atoms with Crippen LogP contribution in [0.15, 0.2) is 53.7 Å². The number of hydrogen-bond acceptors (Lipinski definition) is 6. The van der Waals surface area contributed by atoms with E-state index in [2.05, 4.69) is 27.2 Å². The molecule has 0 aliphatic heterocycles. The van der Waals surface area contributed by atoms with Gasteiger partial charge in [-0.05, 0) is 62.3 Å². The van der Waals surface area contributed by atoms with E-state index < -0.39 is 9.84 Å². The third-order valence-electron chi connectivity index (χ3n) is 6.58. The summed E-state index contributed by atoms with van der Waals surface area (Å²) in [7, 11) is -3.58. The quantitative estimate of drug-likeness (QED) is 0.379. The second kappa shape index (κ2) is 11.3. The Morgan fingerprint density at radius 2 is 1.74 bits per heavy atom. The summed E-state index contributed by atoms with van der Waals surface area (Å²) in [5, 5.41) is 3.68. The van der Waals surface area contributed by atoms with Crippen molar-refractivity contribution < 1.29 is 8.42 Å². The van der Waals surface area contributed by atoms with Crippen LogP contribution >= 0.6 is 11.6 Å². The largest absolute Gasteiger partial charge is 0.351 e. The van der Waals surface area contributed by atoms with Crippen molar-refractivity contribution in [3.8, 4) is 0 Å². The first kappa shape index (κ1) is 25.3. The molecule has 0 unspecified atom stereocenters. The molecule has 0 bridgehead atoms. The van der Waals surface area contributed by atoms with Crippen molar-refractivity contribution in [2.45, 2.75) is 62.6 Å². The van der Waals surface area contributed by atoms with Gasteiger partial charge < -0.3 is 5.32 Å². The first-order valence-electron chi connectivity index (χ1n) is 12.0. The van der Waals surface area contributed by atoms with Crippen LogP contribution in [0.1, 0.15) is 61.5 Å². The molecule has 1 aliphatic rings. The van der Waals surface area contributed by atoms with Crippen LogP contribution in [0.2, 0.25) is 5.02 Å². The topological polar surface area (TPSA) is 84.8 Å². The highest BCUT2D eigenvalue weighted by molar-refractivity contribution is 7.90. The van der Waals surface area contributed by atoms with Gasteiger partial charge in [0.05, 0.1) is 21.4 Å². The van der Waals surface area contributed by atoms with Gasteiger partial charge in [-0.25, -0.2) is 18.4 Å². The normalized spacial score (nSPS) is 18.6. The molecule has 2 aromatic heterocycles. The van der Waals surface area contributed by atoms with E-state index in [9.17, 15) is 8.42 Å². The predicted molar refractivity (Wildman–Crippen MR) is 142 cm³/mol. The van der Waals surface area contributed by atoms with E-state index in [0.29, 0.717) is 17.7 Å². The number of hydrogen-bond donors (Lipinski definition) is 1. The van der Waals surface area contributed by atoms with Crippen LogP contribution in [0.5, 0.6) is 0 Å². The second-order valence-corrected chi connectivity index (χ2v) is 11.5. The van der Waals surface area contributed by atoms with E-state index in [1.165, 1.54) is 38.2 Å². The first-order chi connectivity index (χ1) is 16.8. The molecule has 2 heterocycles. The van der Waals surface area contributed by atoms with Crippen LogP contribution in [0, 0.1) is 12.8 Å². The van der Waals surface area contributed by atoms with Gasteiger partial charge in [0.1, 0.15) is 0 Å². The average Bonchev–Trinajstić information content (AvgIpc) is 2.85. The fraction of sp³-hybridized carbons (Fsp3) is 0.370. The maximum atomic E-state index is 12.8. The monoisotopic (exact) mass is 510 g/mol. The Kier molecular flexibility index (Phi) is 8.19. The summed E-state index contributed by atoms with van der Waals surface area (Å²) in [6.45, 7) is 4.13. The van der Waals surface area contributed by atoms with Gasteiger partial charge in [0.2, 0.25) is 5.95 Å². The van der Waals surface area contributed by atoms with Gasteiger partial charge >= 0.3 is 0 Å². The van der Waals surface area contributed by atoms with Gasteiger partial charge in [0.15, 0.2) is 9.84 Å². The Morgan fingerprint density at radius 3 is 2.40 bits per heavy atom. The molecule has 4 rings (SSSR count). The molecule has 0 spiro atoms. The molecule has 0 atom stereocenters. The van der Waals surface area contributed by atoms with Crippen molar-refractivity contribution in [2.75, 3.05) is 5.32 Å². The van der Waals surface area contributed by atoms with Gasteiger partial charge in [-0.3, -0.25) is 4.98 Å². The maximum Gasteiger partial charge on any atom is 0.222 e. The van der Waals surface area contributed by atoms with Crippen molar-refractivity contribution in [2.24, 2.45) is 5.92 Å². The SMILES string of the molecule is CCC1CCC(Nc2ncc(/C=C/c3ccc(CS(=O)(=O)c4ccccc4Cl)nc3C)cn2)CC1. The van der Waals surface area contributed by atoms with Crippen molar-refractivity contribution in [3.05, 3.63) is 76.3 Å². The molecule has 0 amide bonds. The summed E-state index contributed by atoms with van der Waals surface area (Å²) in [6, 6.07) is 10.5. The zero-order valence-electron chi connectivity index (χ0n) is 20.1. The van der Waals surface area contributed by atoms with Crippen LogP contribution < -0.4 is 5.32 Å². The van der Waals surface area contributed by atoms with Gasteiger partial charge in [0.25, 0.3) is 0 Å². The molecule has 0 radical (unpaired) electrons. The van der Waals surface area contributed by atoms with Crippen LogP contribution in [-0.4, -0.2) is 29.4 Å². The van der Waals surface area contributed by atoms with Crippen molar-refractivity contribution in [1.29, 1.82) is 0 Å². The molecule has 1 saturated carbocycles. The number of aryl methyl sites for hydroxylation is 1. The minimum atomic E-state index is -3.58. The Hall–Kier alpha value is -2.77. The molecule has 184 valence electrons. The van der Waals surface area contributed by atoms with Crippen LogP contribution in [0.4, 0.5) is 5.95 Å². The summed E-state index contributed by atoms with van der Waals surface area (Å²) in [6.07, 6.45) is 13.6. The Morgan fingerprint density at radius 1 is 1.03 bits per heavy atom. The zero-order valence-corrected chi connectivity index (χ0v) is 21.7. The lowest BCUT2D eigenvalue weighted by Crippen LogP contribution is -2.26. The molecular formula is C27H31ClN4O2S. The summed E-state index contributed by atoms with van der Waals surface area (Å²) < 4.78 is 25.5. The highest BCUT2D eigenvalue weighted by Crippen LogP contribution is 2.28. The fourth-order valence-corrected chi connectivity index (χ4v) is 6.28. The standard InChI is InChI=1S/C27H31ClN4O2S/c1-3-20-9-13-23(14-10-20)32-27-29-16-21(17-30-27)8-11-22-12-15-24(31-19(22)2)18-35(33,34)26-7-5-4-6-25(26)28/h4-8,11-12,15-17,20,23H,3,9-10,13-14,18H2,1-2H3,(H,29,30,32)/b11-8+. The highest BCUT2D eigenvalue weighted by Gasteiger charge is 2.21. The molecule has 1 N–H and O–H groups in total. The molecule has 3 aromatic rings. The van der Waals surface area contributed by atoms with Crippen molar-refractivity contribution in [1.82, 2.24) is 15.0 Å². The number of sulfone groups is 1. The molecule has 1 fully saturated rings. The molecule has 8 heteroatoms.